The van der Waals surface area contributed by atoms with Gasteiger partial charge in [-0.05, 0) is 18.2 Å². The molecule has 0 spiro atoms. The van der Waals surface area contributed by atoms with Crippen molar-refractivity contribution >= 4 is 5.52 Å². The van der Waals surface area contributed by atoms with E-state index in [2.05, 4.69) is 0 Å². The van der Waals surface area contributed by atoms with Crippen LogP contribution in [0.15, 0.2) is 89.9 Å². The van der Waals surface area contributed by atoms with E-state index in [0.717, 1.165) is 5.56 Å². The van der Waals surface area contributed by atoms with Crippen LogP contribution in [0.3, 0.4) is 0 Å². The minimum absolute atomic E-state index is 0.0280. The van der Waals surface area contributed by atoms with Crippen molar-refractivity contribution in [1.82, 2.24) is 4.57 Å². The molecule has 0 aliphatic heterocycles. The average molecular weight is 315 g/mol. The molecule has 2 aromatic heterocycles. The van der Waals surface area contributed by atoms with Gasteiger partial charge < -0.3 is 5.11 Å². The zero-order chi connectivity index (χ0) is 16.5. The zero-order valence-corrected chi connectivity index (χ0v) is 12.8. The van der Waals surface area contributed by atoms with Crippen molar-refractivity contribution in [1.29, 1.82) is 0 Å². The fourth-order valence-electron chi connectivity index (χ4n) is 2.91. The molecule has 1 N–H and O–H groups in total. The van der Waals surface area contributed by atoms with Gasteiger partial charge in [-0.2, -0.15) is 0 Å². The molecule has 0 saturated carbocycles. The molecule has 4 rings (SSSR count). The van der Waals surface area contributed by atoms with Crippen LogP contribution >= 0.6 is 0 Å². The molecule has 0 unspecified atom stereocenters. The van der Waals surface area contributed by atoms with Gasteiger partial charge in [-0.15, -0.1) is 4.40 Å². The summed E-state index contributed by atoms with van der Waals surface area (Å²) in [5.74, 6) is 0.0280. The van der Waals surface area contributed by atoms with Gasteiger partial charge in [-0.1, -0.05) is 48.5 Å². The number of fused-ring (bicyclic) bond motifs is 1. The molecule has 0 aliphatic rings. The monoisotopic (exact) mass is 315 g/mol. The highest BCUT2D eigenvalue weighted by Crippen LogP contribution is 2.27. The predicted octanol–water partition coefficient (Wildman–Crippen LogP) is 2.95. The van der Waals surface area contributed by atoms with Crippen LogP contribution < -0.4 is 9.96 Å². The van der Waals surface area contributed by atoms with Gasteiger partial charge in [0.05, 0.1) is 0 Å². The molecule has 116 valence electrons. The second-order valence-electron chi connectivity index (χ2n) is 5.47. The van der Waals surface area contributed by atoms with Crippen LogP contribution in [0.1, 0.15) is 0 Å². The molecule has 0 saturated heterocycles. The van der Waals surface area contributed by atoms with E-state index < -0.39 is 0 Å². The highest BCUT2D eigenvalue weighted by molar-refractivity contribution is 5.67. The summed E-state index contributed by atoms with van der Waals surface area (Å²) < 4.78 is 3.07. The molecule has 0 bridgehead atoms. The Morgan fingerprint density at radius 3 is 2.12 bits per heavy atom. The molecule has 0 amide bonds. The van der Waals surface area contributed by atoms with Crippen molar-refractivity contribution in [3.63, 3.8) is 0 Å². The molecule has 0 aliphatic carbocycles. The summed E-state index contributed by atoms with van der Waals surface area (Å²) in [5, 5.41) is 10.9. The van der Waals surface area contributed by atoms with Gasteiger partial charge >= 0.3 is 11.4 Å². The fraction of sp³-hybridized carbons (Fsp3) is 0. The number of hydrogen-bond acceptors (Lipinski definition) is 2. The molecule has 2 aromatic carbocycles. The topological polar surface area (TPSA) is 46.3 Å². The lowest BCUT2D eigenvalue weighted by Gasteiger charge is -2.12. The normalized spacial score (nSPS) is 10.8. The van der Waals surface area contributed by atoms with Gasteiger partial charge in [-0.3, -0.25) is 9.36 Å². The van der Waals surface area contributed by atoms with Crippen LogP contribution in [-0.2, 0) is 0 Å². The molecular formula is C20H15N2O2+. The zero-order valence-electron chi connectivity index (χ0n) is 12.8. The Hall–Kier alpha value is -3.40. The Kier molecular flexibility index (Phi) is 3.35. The molecule has 4 aromatic rings. The number of rotatable bonds is 2. The summed E-state index contributed by atoms with van der Waals surface area (Å²) >= 11 is 0. The number of nitrogens with zero attached hydrogens (tertiary/aromatic N) is 2. The Bertz CT molecular complexity index is 1070. The summed E-state index contributed by atoms with van der Waals surface area (Å²) in [6, 6.07) is 24.0. The van der Waals surface area contributed by atoms with Gasteiger partial charge in [0.2, 0.25) is 0 Å². The van der Waals surface area contributed by atoms with Crippen LogP contribution in [0.25, 0.3) is 22.5 Å². The van der Waals surface area contributed by atoms with Crippen molar-refractivity contribution < 1.29 is 9.51 Å². The van der Waals surface area contributed by atoms with Crippen LogP contribution in [0, 0.1) is 0 Å². The largest absolute Gasteiger partial charge is 0.458 e. The van der Waals surface area contributed by atoms with Gasteiger partial charge in [0, 0.05) is 23.4 Å². The Labute approximate surface area is 138 Å². The Morgan fingerprint density at radius 2 is 1.42 bits per heavy atom. The Balaban J connectivity index is 2.21. The number of aromatic nitrogens is 2. The predicted molar refractivity (Wildman–Crippen MR) is 92.3 cm³/mol. The molecule has 2 heterocycles. The first-order chi connectivity index (χ1) is 11.8. The van der Waals surface area contributed by atoms with Gasteiger partial charge in [0.15, 0.2) is 11.9 Å². The van der Waals surface area contributed by atoms with Crippen LogP contribution in [0.4, 0.5) is 0 Å². The van der Waals surface area contributed by atoms with Crippen LogP contribution in [0.2, 0.25) is 0 Å². The molecular weight excluding hydrogens is 300 g/mol. The SMILES string of the molecule is O=c1c2cccc[n+]2c(O)c(-c2ccccc2)n1-c1ccccc1. The first-order valence-corrected chi connectivity index (χ1v) is 7.66. The standard InChI is InChI=1S/C20H14N2O2/c23-19-17-13-7-8-14-21(17)20(24)18(15-9-3-1-4-10-15)22(19)16-11-5-2-6-12-16/h1-14H/p+1. The molecule has 0 atom stereocenters. The number of aromatic hydroxyl groups is 1. The first kappa shape index (κ1) is 14.2. The number of para-hydroxylation sites is 1. The molecule has 0 radical (unpaired) electrons. The van der Waals surface area contributed by atoms with Crippen molar-refractivity contribution in [3.05, 3.63) is 95.4 Å². The van der Waals surface area contributed by atoms with Crippen LogP contribution in [-0.4, -0.2) is 9.67 Å². The van der Waals surface area contributed by atoms with E-state index in [0.29, 0.717) is 16.9 Å². The van der Waals surface area contributed by atoms with Gasteiger partial charge in [0.25, 0.3) is 5.52 Å². The lowest BCUT2D eigenvalue weighted by Crippen LogP contribution is -2.35. The van der Waals surface area contributed by atoms with Crippen LogP contribution in [0.5, 0.6) is 5.88 Å². The second-order valence-corrected chi connectivity index (χ2v) is 5.47. The lowest BCUT2D eigenvalue weighted by atomic mass is 10.1. The van der Waals surface area contributed by atoms with E-state index in [-0.39, 0.29) is 11.4 Å². The molecule has 24 heavy (non-hydrogen) atoms. The quantitative estimate of drug-likeness (QED) is 0.578. The van der Waals surface area contributed by atoms with Crippen molar-refractivity contribution in [3.8, 4) is 22.8 Å². The third-order valence-electron chi connectivity index (χ3n) is 4.01. The van der Waals surface area contributed by atoms with Crippen molar-refractivity contribution in [2.45, 2.75) is 0 Å². The average Bonchev–Trinajstić information content (AvgIpc) is 2.66. The molecule has 4 nitrogen and oxygen atoms in total. The number of hydrogen-bond donors (Lipinski definition) is 1. The van der Waals surface area contributed by atoms with E-state index in [1.165, 1.54) is 4.40 Å². The minimum atomic E-state index is -0.182. The summed E-state index contributed by atoms with van der Waals surface area (Å²) in [5.41, 5.74) is 2.18. The third-order valence-corrected chi connectivity index (χ3v) is 4.01. The minimum Gasteiger partial charge on any atom is -0.458 e. The summed E-state index contributed by atoms with van der Waals surface area (Å²) in [4.78, 5) is 13.1. The van der Waals surface area contributed by atoms with E-state index >= 15 is 0 Å². The lowest BCUT2D eigenvalue weighted by molar-refractivity contribution is -0.523. The number of benzene rings is 2. The third kappa shape index (κ3) is 2.16. The summed E-state index contributed by atoms with van der Waals surface area (Å²) in [6.45, 7) is 0. The maximum absolute atomic E-state index is 13.1. The van der Waals surface area contributed by atoms with Gasteiger partial charge in [-0.25, -0.2) is 0 Å². The van der Waals surface area contributed by atoms with Crippen molar-refractivity contribution in [2.24, 2.45) is 0 Å². The maximum Gasteiger partial charge on any atom is 0.397 e. The van der Waals surface area contributed by atoms with E-state index in [9.17, 15) is 9.90 Å². The first-order valence-electron chi connectivity index (χ1n) is 7.66. The highest BCUT2D eigenvalue weighted by Gasteiger charge is 2.25. The van der Waals surface area contributed by atoms with E-state index in [1.807, 2.05) is 60.7 Å². The summed E-state index contributed by atoms with van der Waals surface area (Å²) in [6.07, 6.45) is 1.69. The fourth-order valence-corrected chi connectivity index (χ4v) is 2.91. The Morgan fingerprint density at radius 1 is 0.792 bits per heavy atom. The van der Waals surface area contributed by atoms with E-state index in [1.54, 1.807) is 29.0 Å². The summed E-state index contributed by atoms with van der Waals surface area (Å²) in [7, 11) is 0. The molecule has 4 heteroatoms. The molecule has 0 fully saturated rings. The highest BCUT2D eigenvalue weighted by atomic mass is 16.3. The maximum atomic E-state index is 13.1. The van der Waals surface area contributed by atoms with Gasteiger partial charge in [0.1, 0.15) is 0 Å². The second kappa shape index (κ2) is 5.66. The van der Waals surface area contributed by atoms with E-state index in [4.69, 9.17) is 0 Å². The smallest absolute Gasteiger partial charge is 0.397 e. The number of pyridine rings is 1. The van der Waals surface area contributed by atoms with Crippen molar-refractivity contribution in [2.75, 3.05) is 0 Å².